The minimum atomic E-state index is -4.47. The number of hydrogen-bond acceptors (Lipinski definition) is 4. The average molecular weight is 493 g/mol. The standard InChI is InChI=1S/C24H23F3N2O4S/c1-16-4-11-21(12-5-16)34(31,32)29(2)15-18-14-17(6-13-22(18)33-3)23(30)28-20-9-7-19(8-10-20)24(25,26)27/h4-14H,15H2,1-3H3,(H,28,30). The molecule has 0 aliphatic carbocycles. The van der Waals surface area contributed by atoms with Gasteiger partial charge in [-0.3, -0.25) is 4.79 Å². The number of hydrogen-bond donors (Lipinski definition) is 1. The van der Waals surface area contributed by atoms with Crippen molar-refractivity contribution in [2.75, 3.05) is 19.5 Å². The molecule has 0 saturated carbocycles. The molecular formula is C24H23F3N2O4S. The average Bonchev–Trinajstić information content (AvgIpc) is 2.79. The number of anilines is 1. The largest absolute Gasteiger partial charge is 0.496 e. The number of nitrogens with one attached hydrogen (secondary N) is 1. The molecule has 6 nitrogen and oxygen atoms in total. The lowest BCUT2D eigenvalue weighted by Gasteiger charge is -2.19. The second-order valence-corrected chi connectivity index (χ2v) is 9.67. The van der Waals surface area contributed by atoms with Gasteiger partial charge in [0.15, 0.2) is 0 Å². The van der Waals surface area contributed by atoms with Crippen molar-refractivity contribution in [2.24, 2.45) is 0 Å². The predicted molar refractivity (Wildman–Crippen MR) is 122 cm³/mol. The maximum absolute atomic E-state index is 12.9. The lowest BCUT2D eigenvalue weighted by Crippen LogP contribution is -2.27. The highest BCUT2D eigenvalue weighted by molar-refractivity contribution is 7.89. The molecule has 0 saturated heterocycles. The zero-order chi connectivity index (χ0) is 25.1. The van der Waals surface area contributed by atoms with Gasteiger partial charge in [0.05, 0.1) is 17.6 Å². The van der Waals surface area contributed by atoms with Gasteiger partial charge in [-0.1, -0.05) is 17.7 Å². The molecule has 0 bridgehead atoms. The van der Waals surface area contributed by atoms with Crippen LogP contribution in [-0.2, 0) is 22.7 Å². The molecule has 180 valence electrons. The molecule has 0 aliphatic rings. The molecule has 34 heavy (non-hydrogen) atoms. The molecule has 0 spiro atoms. The quantitative estimate of drug-likeness (QED) is 0.498. The van der Waals surface area contributed by atoms with E-state index in [0.717, 1.165) is 34.1 Å². The number of rotatable bonds is 7. The third-order valence-corrected chi connectivity index (χ3v) is 6.95. The summed E-state index contributed by atoms with van der Waals surface area (Å²) in [5.74, 6) is -0.176. The summed E-state index contributed by atoms with van der Waals surface area (Å²) < 4.78 is 70.5. The molecule has 0 aromatic heterocycles. The maximum atomic E-state index is 12.9. The summed E-state index contributed by atoms with van der Waals surface area (Å²) in [5, 5.41) is 2.54. The van der Waals surface area contributed by atoms with Crippen LogP contribution in [0.1, 0.15) is 27.0 Å². The lowest BCUT2D eigenvalue weighted by molar-refractivity contribution is -0.137. The fourth-order valence-corrected chi connectivity index (χ4v) is 4.35. The number of sulfonamides is 1. The van der Waals surface area contributed by atoms with Gasteiger partial charge in [0.25, 0.3) is 5.91 Å². The molecule has 3 aromatic rings. The van der Waals surface area contributed by atoms with Gasteiger partial charge < -0.3 is 10.1 Å². The summed E-state index contributed by atoms with van der Waals surface area (Å²) in [6.45, 7) is 1.78. The van der Waals surface area contributed by atoms with Crippen molar-refractivity contribution in [3.05, 3.63) is 89.0 Å². The lowest BCUT2D eigenvalue weighted by atomic mass is 10.1. The topological polar surface area (TPSA) is 75.7 Å². The molecule has 0 heterocycles. The second kappa shape index (κ2) is 9.86. The van der Waals surface area contributed by atoms with Gasteiger partial charge in [-0.15, -0.1) is 0 Å². The van der Waals surface area contributed by atoms with Crippen molar-refractivity contribution < 1.29 is 31.1 Å². The van der Waals surface area contributed by atoms with E-state index in [1.54, 1.807) is 12.1 Å². The Morgan fingerprint density at radius 2 is 1.62 bits per heavy atom. The third-order valence-electron chi connectivity index (χ3n) is 5.13. The van der Waals surface area contributed by atoms with Crippen LogP contribution in [-0.4, -0.2) is 32.8 Å². The molecule has 3 rings (SSSR count). The zero-order valence-electron chi connectivity index (χ0n) is 18.7. The second-order valence-electron chi connectivity index (χ2n) is 7.63. The number of halogens is 3. The molecule has 1 N–H and O–H groups in total. The van der Waals surface area contributed by atoms with E-state index in [2.05, 4.69) is 5.32 Å². The van der Waals surface area contributed by atoms with E-state index >= 15 is 0 Å². The fourth-order valence-electron chi connectivity index (χ4n) is 3.20. The highest BCUT2D eigenvalue weighted by Gasteiger charge is 2.30. The van der Waals surface area contributed by atoms with E-state index in [9.17, 15) is 26.4 Å². The van der Waals surface area contributed by atoms with Gasteiger partial charge in [0.2, 0.25) is 10.0 Å². The van der Waals surface area contributed by atoms with Crippen LogP contribution in [0.5, 0.6) is 5.75 Å². The normalized spacial score (nSPS) is 12.0. The van der Waals surface area contributed by atoms with Crippen LogP contribution < -0.4 is 10.1 Å². The van der Waals surface area contributed by atoms with Crippen molar-refractivity contribution in [2.45, 2.75) is 24.5 Å². The summed E-state index contributed by atoms with van der Waals surface area (Å²) in [5.41, 5.74) is 0.928. The first kappa shape index (κ1) is 25.3. The Morgan fingerprint density at radius 3 is 2.18 bits per heavy atom. The van der Waals surface area contributed by atoms with Gasteiger partial charge >= 0.3 is 6.18 Å². The molecule has 0 radical (unpaired) electrons. The van der Waals surface area contributed by atoms with Crippen LogP contribution in [0.2, 0.25) is 0 Å². The summed E-state index contributed by atoms with van der Waals surface area (Å²) in [6.07, 6.45) is -4.47. The first-order valence-corrected chi connectivity index (χ1v) is 11.5. The van der Waals surface area contributed by atoms with Crippen LogP contribution in [0, 0.1) is 6.92 Å². The third kappa shape index (κ3) is 5.75. The number of methoxy groups -OCH3 is 1. The molecule has 1 amide bonds. The number of ether oxygens (including phenoxy) is 1. The van der Waals surface area contributed by atoms with E-state index in [1.807, 2.05) is 6.92 Å². The first-order valence-electron chi connectivity index (χ1n) is 10.1. The fraction of sp³-hybridized carbons (Fsp3) is 0.208. The van der Waals surface area contributed by atoms with E-state index in [-0.39, 0.29) is 22.7 Å². The number of alkyl halides is 3. The molecule has 10 heteroatoms. The monoisotopic (exact) mass is 492 g/mol. The van der Waals surface area contributed by atoms with Crippen LogP contribution in [0.25, 0.3) is 0 Å². The molecule has 0 fully saturated rings. The number of benzene rings is 3. The minimum absolute atomic E-state index is 0.0687. The van der Waals surface area contributed by atoms with Crippen LogP contribution >= 0.6 is 0 Å². The Labute approximate surface area is 196 Å². The number of carbonyl (C=O) groups excluding carboxylic acids is 1. The van der Waals surface area contributed by atoms with Crippen LogP contribution in [0.4, 0.5) is 18.9 Å². The highest BCUT2D eigenvalue weighted by atomic mass is 32.2. The van der Waals surface area contributed by atoms with Crippen molar-refractivity contribution in [1.82, 2.24) is 4.31 Å². The van der Waals surface area contributed by atoms with Crippen molar-refractivity contribution in [3.8, 4) is 5.75 Å². The van der Waals surface area contributed by atoms with Crippen molar-refractivity contribution >= 4 is 21.6 Å². The Morgan fingerprint density at radius 1 is 1.00 bits per heavy atom. The number of aryl methyl sites for hydroxylation is 1. The van der Waals surface area contributed by atoms with Gasteiger partial charge in [0.1, 0.15) is 5.75 Å². The molecular weight excluding hydrogens is 469 g/mol. The van der Waals surface area contributed by atoms with E-state index in [0.29, 0.717) is 11.3 Å². The predicted octanol–water partition coefficient (Wildman–Crippen LogP) is 5.10. The number of carbonyl (C=O) groups is 1. The SMILES string of the molecule is COc1ccc(C(=O)Nc2ccc(C(F)(F)F)cc2)cc1CN(C)S(=O)(=O)c1ccc(C)cc1. The summed E-state index contributed by atoms with van der Waals surface area (Å²) in [6, 6.07) is 15.0. The molecule has 0 aliphatic heterocycles. The minimum Gasteiger partial charge on any atom is -0.496 e. The number of nitrogens with zero attached hydrogens (tertiary/aromatic N) is 1. The van der Waals surface area contributed by atoms with E-state index in [1.165, 1.54) is 44.5 Å². The summed E-state index contributed by atoms with van der Waals surface area (Å²) >= 11 is 0. The first-order chi connectivity index (χ1) is 15.9. The summed E-state index contributed by atoms with van der Waals surface area (Å²) in [4.78, 5) is 12.8. The Hall–Kier alpha value is -3.37. The van der Waals surface area contributed by atoms with Gasteiger partial charge in [-0.25, -0.2) is 8.42 Å². The van der Waals surface area contributed by atoms with E-state index < -0.39 is 27.7 Å². The Balaban J connectivity index is 1.81. The Kier molecular flexibility index (Phi) is 7.32. The van der Waals surface area contributed by atoms with Gasteiger partial charge in [-0.05, 0) is 61.5 Å². The zero-order valence-corrected chi connectivity index (χ0v) is 19.5. The van der Waals surface area contributed by atoms with E-state index in [4.69, 9.17) is 4.74 Å². The smallest absolute Gasteiger partial charge is 0.416 e. The van der Waals surface area contributed by atoms with Gasteiger partial charge in [-0.2, -0.15) is 17.5 Å². The van der Waals surface area contributed by atoms with Crippen LogP contribution in [0.3, 0.4) is 0 Å². The molecule has 0 unspecified atom stereocenters. The van der Waals surface area contributed by atoms with Crippen molar-refractivity contribution in [3.63, 3.8) is 0 Å². The maximum Gasteiger partial charge on any atom is 0.416 e. The molecule has 3 aromatic carbocycles. The molecule has 0 atom stereocenters. The Bertz CT molecular complexity index is 1270. The number of amides is 1. The van der Waals surface area contributed by atoms with Crippen molar-refractivity contribution in [1.29, 1.82) is 0 Å². The highest BCUT2D eigenvalue weighted by Crippen LogP contribution is 2.30. The van der Waals surface area contributed by atoms with Gasteiger partial charge in [0, 0.05) is 30.4 Å². The summed E-state index contributed by atoms with van der Waals surface area (Å²) in [7, 11) is -0.945. The van der Waals surface area contributed by atoms with Crippen LogP contribution in [0.15, 0.2) is 71.6 Å².